The topological polar surface area (TPSA) is 82.3 Å². The number of allylic oxidation sites excluding steroid dienone is 1. The zero-order chi connectivity index (χ0) is 24.4. The number of benzene rings is 2. The van der Waals surface area contributed by atoms with Crippen LogP contribution in [0.2, 0.25) is 0 Å². The summed E-state index contributed by atoms with van der Waals surface area (Å²) >= 11 is 0. The maximum Gasteiger partial charge on any atom is 0.155 e. The van der Waals surface area contributed by atoms with Crippen LogP contribution in [0.15, 0.2) is 66.9 Å². The van der Waals surface area contributed by atoms with Crippen molar-refractivity contribution in [1.82, 2.24) is 15.3 Å². The van der Waals surface area contributed by atoms with Crippen molar-refractivity contribution in [3.8, 4) is 22.8 Å². The van der Waals surface area contributed by atoms with Gasteiger partial charge in [-0.1, -0.05) is 42.0 Å². The zero-order valence-electron chi connectivity index (χ0n) is 20.2. The molecule has 0 saturated heterocycles. The first-order valence-electron chi connectivity index (χ1n) is 11.7. The van der Waals surface area contributed by atoms with Gasteiger partial charge in [0.1, 0.15) is 23.3 Å². The van der Waals surface area contributed by atoms with Crippen LogP contribution in [0.4, 0.5) is 0 Å². The van der Waals surface area contributed by atoms with Crippen LogP contribution < -0.4 is 25.6 Å². The number of aryl methyl sites for hydroxylation is 1. The zero-order valence-corrected chi connectivity index (χ0v) is 21.1. The Kier molecular flexibility index (Phi) is 6.67. The van der Waals surface area contributed by atoms with Crippen molar-refractivity contribution in [3.63, 3.8) is 0 Å². The summed E-state index contributed by atoms with van der Waals surface area (Å²) in [4.78, 5) is 9.45. The van der Waals surface area contributed by atoms with Crippen LogP contribution in [0.3, 0.4) is 0 Å². The van der Waals surface area contributed by atoms with Crippen LogP contribution in [-0.4, -0.2) is 30.0 Å². The van der Waals surface area contributed by atoms with Gasteiger partial charge in [0, 0.05) is 60.4 Å². The number of hydrogen-bond acceptors (Lipinski definition) is 6. The average Bonchev–Trinajstić information content (AvgIpc) is 3.26. The van der Waals surface area contributed by atoms with Gasteiger partial charge in [-0.2, -0.15) is 0 Å². The summed E-state index contributed by atoms with van der Waals surface area (Å²) in [6.07, 6.45) is 5.18. The summed E-state index contributed by atoms with van der Waals surface area (Å²) in [6.45, 7) is 4.85. The molecule has 1 atom stereocenters. The second-order valence-electron chi connectivity index (χ2n) is 8.55. The molecular formula is C28H29N4O2P. The lowest BCUT2D eigenvalue weighted by molar-refractivity contribution is 0.402. The van der Waals surface area contributed by atoms with Gasteiger partial charge < -0.3 is 20.3 Å². The van der Waals surface area contributed by atoms with E-state index in [-0.39, 0.29) is 0 Å². The molecule has 3 N–H and O–H groups in total. The molecule has 0 spiro atoms. The lowest BCUT2D eigenvalue weighted by Crippen LogP contribution is -2.17. The highest BCUT2D eigenvalue weighted by Gasteiger charge is 2.26. The van der Waals surface area contributed by atoms with E-state index < -0.39 is 8.07 Å². The standard InChI is InChI=1S/C28H29N4O2P/c1-4-23(21-14-20-6-5-12-31-26(20)24(15-21)33-3)30-13-11-22-16-25-28(34-17-35(25)29)27(32-22)19-9-7-18(2)8-10-19/h4-10,12,14-16,30H,11,13,17,29H2,1-3H3/b23-4-. The van der Waals surface area contributed by atoms with E-state index in [1.54, 1.807) is 13.3 Å². The molecule has 0 radical (unpaired) electrons. The van der Waals surface area contributed by atoms with E-state index in [0.29, 0.717) is 6.35 Å². The Morgan fingerprint density at radius 3 is 2.80 bits per heavy atom. The Hall–Kier alpha value is -3.47. The maximum absolute atomic E-state index is 6.40. The maximum atomic E-state index is 6.40. The Bertz CT molecular complexity index is 1400. The van der Waals surface area contributed by atoms with Crippen molar-refractivity contribution in [2.75, 3.05) is 20.0 Å². The van der Waals surface area contributed by atoms with Crippen molar-refractivity contribution >= 4 is 30.0 Å². The second-order valence-corrected chi connectivity index (χ2v) is 10.2. The first kappa shape index (κ1) is 23.3. The van der Waals surface area contributed by atoms with Gasteiger partial charge in [-0.25, -0.2) is 4.98 Å². The summed E-state index contributed by atoms with van der Waals surface area (Å²) < 4.78 is 11.6. The third-order valence-electron chi connectivity index (χ3n) is 6.17. The molecule has 7 heteroatoms. The Morgan fingerprint density at radius 1 is 1.20 bits per heavy atom. The highest BCUT2D eigenvalue weighted by atomic mass is 31.1. The molecule has 0 bridgehead atoms. The number of nitrogens with two attached hydrogens (primary N) is 1. The molecule has 0 aliphatic carbocycles. The third-order valence-corrected chi connectivity index (χ3v) is 7.53. The van der Waals surface area contributed by atoms with Crippen LogP contribution >= 0.6 is 8.07 Å². The SMILES string of the molecule is C/C=C(\NCCc1cc2c(c(-c3ccc(C)cc3)n1)OCP2N)c1cc(OC)c2ncccc2c1. The lowest BCUT2D eigenvalue weighted by Gasteiger charge is -2.15. The van der Waals surface area contributed by atoms with Crippen LogP contribution in [-0.2, 0) is 6.42 Å². The van der Waals surface area contributed by atoms with E-state index >= 15 is 0 Å². The number of rotatable bonds is 7. The number of fused-ring (bicyclic) bond motifs is 2. The number of hydrogen-bond donors (Lipinski definition) is 2. The molecule has 4 aromatic rings. The van der Waals surface area contributed by atoms with E-state index in [0.717, 1.165) is 68.9 Å². The number of nitrogens with zero attached hydrogens (tertiary/aromatic N) is 2. The Labute approximate surface area is 207 Å². The number of aromatic nitrogens is 2. The van der Waals surface area contributed by atoms with Crippen molar-refractivity contribution < 1.29 is 9.47 Å². The fraction of sp³-hybridized carbons (Fsp3) is 0.214. The van der Waals surface area contributed by atoms with Gasteiger partial charge in [-0.15, -0.1) is 0 Å². The molecule has 35 heavy (non-hydrogen) atoms. The first-order chi connectivity index (χ1) is 17.1. The number of ether oxygens (including phenoxy) is 2. The van der Waals surface area contributed by atoms with Crippen LogP contribution in [0.1, 0.15) is 23.7 Å². The van der Waals surface area contributed by atoms with E-state index in [1.165, 1.54) is 5.56 Å². The molecule has 1 aliphatic rings. The molecule has 0 saturated carbocycles. The van der Waals surface area contributed by atoms with E-state index in [4.69, 9.17) is 20.0 Å². The van der Waals surface area contributed by atoms with Crippen LogP contribution in [0.25, 0.3) is 27.9 Å². The van der Waals surface area contributed by atoms with E-state index in [1.807, 2.05) is 19.1 Å². The average molecular weight is 485 g/mol. The number of methoxy groups -OCH3 is 1. The van der Waals surface area contributed by atoms with Crippen molar-refractivity contribution in [2.24, 2.45) is 5.50 Å². The van der Waals surface area contributed by atoms with Crippen molar-refractivity contribution in [1.29, 1.82) is 0 Å². The molecule has 3 heterocycles. The fourth-order valence-electron chi connectivity index (χ4n) is 4.33. The number of nitrogens with one attached hydrogen (secondary N) is 1. The predicted octanol–water partition coefficient (Wildman–Crippen LogP) is 5.14. The minimum atomic E-state index is -0.813. The molecule has 6 nitrogen and oxygen atoms in total. The summed E-state index contributed by atoms with van der Waals surface area (Å²) in [5.74, 6) is 1.60. The fourth-order valence-corrected chi connectivity index (χ4v) is 5.49. The van der Waals surface area contributed by atoms with Crippen LogP contribution in [0, 0.1) is 6.92 Å². The molecule has 1 aliphatic heterocycles. The van der Waals surface area contributed by atoms with Gasteiger partial charge in [0.15, 0.2) is 5.75 Å². The minimum absolute atomic E-state index is 0.550. The molecular weight excluding hydrogens is 455 g/mol. The van der Waals surface area contributed by atoms with Gasteiger partial charge in [-0.05, 0) is 38.1 Å². The van der Waals surface area contributed by atoms with E-state index in [9.17, 15) is 0 Å². The summed E-state index contributed by atoms with van der Waals surface area (Å²) in [7, 11) is 0.865. The Morgan fingerprint density at radius 2 is 2.03 bits per heavy atom. The lowest BCUT2D eigenvalue weighted by atomic mass is 10.1. The quantitative estimate of drug-likeness (QED) is 0.354. The van der Waals surface area contributed by atoms with Gasteiger partial charge >= 0.3 is 0 Å². The number of pyridine rings is 2. The highest BCUT2D eigenvalue weighted by molar-refractivity contribution is 7.63. The summed E-state index contributed by atoms with van der Waals surface area (Å²) in [5.41, 5.74) is 13.5. The smallest absolute Gasteiger partial charge is 0.155 e. The summed E-state index contributed by atoms with van der Waals surface area (Å²) in [5, 5.41) is 5.72. The molecule has 2 aromatic carbocycles. The van der Waals surface area contributed by atoms with Gasteiger partial charge in [0.2, 0.25) is 0 Å². The molecule has 2 aromatic heterocycles. The van der Waals surface area contributed by atoms with Crippen molar-refractivity contribution in [2.45, 2.75) is 20.3 Å². The van der Waals surface area contributed by atoms with Crippen molar-refractivity contribution in [3.05, 3.63) is 83.7 Å². The monoisotopic (exact) mass is 484 g/mol. The Balaban J connectivity index is 1.38. The molecule has 178 valence electrons. The predicted molar refractivity (Wildman–Crippen MR) is 144 cm³/mol. The second kappa shape index (κ2) is 10.0. The van der Waals surface area contributed by atoms with Gasteiger partial charge in [0.25, 0.3) is 0 Å². The van der Waals surface area contributed by atoms with Gasteiger partial charge in [-0.3, -0.25) is 4.98 Å². The summed E-state index contributed by atoms with van der Waals surface area (Å²) in [6, 6.07) is 18.7. The van der Waals surface area contributed by atoms with E-state index in [2.05, 4.69) is 65.8 Å². The first-order valence-corrected chi connectivity index (χ1v) is 13.3. The minimum Gasteiger partial charge on any atom is -0.494 e. The largest absolute Gasteiger partial charge is 0.494 e. The normalized spacial score (nSPS) is 15.1. The molecule has 5 rings (SSSR count). The molecule has 0 amide bonds. The molecule has 0 fully saturated rings. The van der Waals surface area contributed by atoms with Gasteiger partial charge in [0.05, 0.1) is 7.11 Å². The molecule has 1 unspecified atom stereocenters. The third kappa shape index (κ3) is 4.72. The highest BCUT2D eigenvalue weighted by Crippen LogP contribution is 2.42. The van der Waals surface area contributed by atoms with Crippen LogP contribution in [0.5, 0.6) is 11.5 Å².